The number of benzene rings is 1. The van der Waals surface area contributed by atoms with E-state index in [0.717, 1.165) is 12.0 Å². The molecule has 0 N–H and O–H groups in total. The van der Waals surface area contributed by atoms with Gasteiger partial charge in [0.2, 0.25) is 0 Å². The lowest BCUT2D eigenvalue weighted by Crippen LogP contribution is -2.34. The van der Waals surface area contributed by atoms with Crippen LogP contribution in [-0.4, -0.2) is 16.7 Å². The third kappa shape index (κ3) is 3.44. The van der Waals surface area contributed by atoms with Crippen LogP contribution >= 0.6 is 0 Å². The van der Waals surface area contributed by atoms with Crippen LogP contribution in [0.2, 0.25) is 0 Å². The average molecular weight is 382 g/mol. The van der Waals surface area contributed by atoms with Crippen molar-refractivity contribution in [3.05, 3.63) is 46.5 Å². The molecule has 1 heterocycles. The molecular weight excluding hydrogens is 346 g/mol. The van der Waals surface area contributed by atoms with E-state index < -0.39 is 0 Å². The molecule has 2 atom stereocenters. The second-order valence-electron chi connectivity index (χ2n) is 11.6. The zero-order chi connectivity index (χ0) is 21.2. The van der Waals surface area contributed by atoms with Gasteiger partial charge in [0.25, 0.3) is 11.8 Å². The predicted molar refractivity (Wildman–Crippen MR) is 114 cm³/mol. The molecule has 3 heteroatoms. The highest BCUT2D eigenvalue weighted by Gasteiger charge is 2.45. The molecule has 0 radical (unpaired) electrons. The lowest BCUT2D eigenvalue weighted by atomic mass is 9.71. The molecule has 3 nitrogen and oxygen atoms in total. The Bertz CT molecular complexity index is 838. The van der Waals surface area contributed by atoms with Crippen LogP contribution in [-0.2, 0) is 20.4 Å². The van der Waals surface area contributed by atoms with Crippen LogP contribution in [0.25, 0.3) is 0 Å². The van der Waals surface area contributed by atoms with Crippen molar-refractivity contribution in [1.29, 1.82) is 0 Å². The molecule has 1 aliphatic heterocycles. The summed E-state index contributed by atoms with van der Waals surface area (Å²) in [5.41, 5.74) is 5.21. The van der Waals surface area contributed by atoms with E-state index in [4.69, 9.17) is 0 Å². The molecule has 28 heavy (non-hydrogen) atoms. The minimum atomic E-state index is -0.187. The molecule has 1 aromatic carbocycles. The van der Waals surface area contributed by atoms with E-state index in [2.05, 4.69) is 74.4 Å². The van der Waals surface area contributed by atoms with Gasteiger partial charge in [-0.1, -0.05) is 74.4 Å². The van der Waals surface area contributed by atoms with Crippen molar-refractivity contribution < 1.29 is 9.59 Å². The van der Waals surface area contributed by atoms with E-state index in [1.54, 1.807) is 0 Å². The molecule has 0 unspecified atom stereocenters. The summed E-state index contributed by atoms with van der Waals surface area (Å²) in [6.45, 7) is 20.3. The molecule has 0 bridgehead atoms. The normalized spacial score (nSPS) is 23.0. The summed E-state index contributed by atoms with van der Waals surface area (Å²) >= 11 is 0. The summed E-state index contributed by atoms with van der Waals surface area (Å²) in [5.74, 6) is -0.0655. The number of rotatable bonds is 1. The summed E-state index contributed by atoms with van der Waals surface area (Å²) in [5, 5.41) is 0. The summed E-state index contributed by atoms with van der Waals surface area (Å²) in [6, 6.07) is 4.50. The standard InChI is InChI=1S/C25H35NO2/c1-23(2,3)17-14-20(26-21(27)10-11-22(26)28)16-13-19(25(7,8)9)18(12-15(16)17)24(4,5)6/h10-13,17,20H,14H2,1-9H3/t17-,20+/m1/s1. The number of fused-ring (bicyclic) bond motifs is 1. The molecule has 1 aromatic rings. The Balaban J connectivity index is 2.26. The fraction of sp³-hybridized carbons (Fsp3) is 0.600. The number of amides is 2. The first-order chi connectivity index (χ1) is 12.6. The molecule has 0 saturated carbocycles. The average Bonchev–Trinajstić information content (AvgIpc) is 3.04. The molecule has 0 saturated heterocycles. The summed E-state index contributed by atoms with van der Waals surface area (Å²) < 4.78 is 0. The van der Waals surface area contributed by atoms with Gasteiger partial charge in [0.05, 0.1) is 6.04 Å². The number of hydrogen-bond donors (Lipinski definition) is 0. The van der Waals surface area contributed by atoms with Crippen LogP contribution in [0.4, 0.5) is 0 Å². The van der Waals surface area contributed by atoms with Crippen LogP contribution in [0.5, 0.6) is 0 Å². The van der Waals surface area contributed by atoms with E-state index in [1.165, 1.54) is 33.7 Å². The molecule has 0 fully saturated rings. The van der Waals surface area contributed by atoms with Gasteiger partial charge in [0.1, 0.15) is 0 Å². The van der Waals surface area contributed by atoms with Crippen LogP contribution < -0.4 is 0 Å². The molecule has 2 aliphatic rings. The second kappa shape index (κ2) is 6.30. The van der Waals surface area contributed by atoms with Gasteiger partial charge in [-0.15, -0.1) is 0 Å². The number of imide groups is 1. The number of carbonyl (C=O) groups is 2. The van der Waals surface area contributed by atoms with Crippen LogP contribution in [0, 0.1) is 5.41 Å². The Morgan fingerprint density at radius 1 is 0.750 bits per heavy atom. The van der Waals surface area contributed by atoms with Crippen molar-refractivity contribution in [2.75, 3.05) is 0 Å². The lowest BCUT2D eigenvalue weighted by molar-refractivity contribution is -0.139. The van der Waals surface area contributed by atoms with Gasteiger partial charge < -0.3 is 0 Å². The Kier molecular flexibility index (Phi) is 4.69. The van der Waals surface area contributed by atoms with Crippen molar-refractivity contribution in [2.24, 2.45) is 5.41 Å². The maximum absolute atomic E-state index is 12.5. The zero-order valence-electron chi connectivity index (χ0n) is 18.9. The van der Waals surface area contributed by atoms with E-state index in [0.29, 0.717) is 5.92 Å². The molecule has 0 spiro atoms. The van der Waals surface area contributed by atoms with Crippen molar-refractivity contribution in [1.82, 2.24) is 4.90 Å². The molecule has 0 aromatic heterocycles. The van der Waals surface area contributed by atoms with Gasteiger partial charge in [0.15, 0.2) is 0 Å². The van der Waals surface area contributed by atoms with E-state index in [-0.39, 0.29) is 34.1 Å². The second-order valence-corrected chi connectivity index (χ2v) is 11.6. The van der Waals surface area contributed by atoms with Gasteiger partial charge in [-0.3, -0.25) is 14.5 Å². The Hall–Kier alpha value is -1.90. The lowest BCUT2D eigenvalue weighted by Gasteiger charge is -2.33. The van der Waals surface area contributed by atoms with Crippen LogP contribution in [0.15, 0.2) is 24.3 Å². The molecule has 2 amide bonds. The first-order valence-corrected chi connectivity index (χ1v) is 10.4. The minimum Gasteiger partial charge on any atom is -0.269 e. The highest BCUT2D eigenvalue weighted by Crippen LogP contribution is 2.53. The smallest absolute Gasteiger partial charge is 0.254 e. The summed E-state index contributed by atoms with van der Waals surface area (Å²) in [6.07, 6.45) is 3.61. The minimum absolute atomic E-state index is 0.0146. The molecular formula is C25H35NO2. The maximum Gasteiger partial charge on any atom is 0.254 e. The maximum atomic E-state index is 12.5. The summed E-state index contributed by atoms with van der Waals surface area (Å²) in [4.78, 5) is 26.4. The van der Waals surface area contributed by atoms with Gasteiger partial charge in [0, 0.05) is 12.2 Å². The van der Waals surface area contributed by atoms with Gasteiger partial charge in [-0.2, -0.15) is 0 Å². The Labute approximate surface area is 170 Å². The highest BCUT2D eigenvalue weighted by atomic mass is 16.2. The SMILES string of the molecule is CC(C)(C)c1cc2c(cc1C(C)(C)C)[C@@H](N1C(=O)C=CC1=O)C[C@H]2C(C)(C)C. The van der Waals surface area contributed by atoms with Gasteiger partial charge in [-0.25, -0.2) is 0 Å². The topological polar surface area (TPSA) is 37.4 Å². The monoisotopic (exact) mass is 381 g/mol. The fourth-order valence-corrected chi connectivity index (χ4v) is 4.73. The third-order valence-corrected chi connectivity index (χ3v) is 6.23. The molecule has 152 valence electrons. The summed E-state index contributed by atoms with van der Waals surface area (Å²) in [7, 11) is 0. The third-order valence-electron chi connectivity index (χ3n) is 6.23. The van der Waals surface area contributed by atoms with Crippen molar-refractivity contribution in [3.8, 4) is 0 Å². The van der Waals surface area contributed by atoms with Crippen molar-refractivity contribution in [2.45, 2.75) is 91.5 Å². The van der Waals surface area contributed by atoms with Crippen molar-refractivity contribution in [3.63, 3.8) is 0 Å². The first kappa shape index (κ1) is 20.8. The van der Waals surface area contributed by atoms with Gasteiger partial charge in [-0.05, 0) is 50.8 Å². The van der Waals surface area contributed by atoms with E-state index in [1.807, 2.05) is 0 Å². The number of nitrogens with zero attached hydrogens (tertiary/aromatic N) is 1. The van der Waals surface area contributed by atoms with Crippen molar-refractivity contribution >= 4 is 11.8 Å². The Morgan fingerprint density at radius 3 is 1.57 bits per heavy atom. The number of hydrogen-bond acceptors (Lipinski definition) is 2. The van der Waals surface area contributed by atoms with E-state index in [9.17, 15) is 9.59 Å². The van der Waals surface area contributed by atoms with Crippen LogP contribution in [0.1, 0.15) is 103 Å². The molecule has 1 aliphatic carbocycles. The zero-order valence-corrected chi connectivity index (χ0v) is 18.9. The quantitative estimate of drug-likeness (QED) is 0.578. The largest absolute Gasteiger partial charge is 0.269 e. The highest BCUT2D eigenvalue weighted by molar-refractivity contribution is 6.13. The van der Waals surface area contributed by atoms with E-state index >= 15 is 0 Å². The van der Waals surface area contributed by atoms with Crippen LogP contribution in [0.3, 0.4) is 0 Å². The fourth-order valence-electron chi connectivity index (χ4n) is 4.73. The molecule has 3 rings (SSSR count). The van der Waals surface area contributed by atoms with Gasteiger partial charge >= 0.3 is 0 Å². The Morgan fingerprint density at radius 2 is 1.18 bits per heavy atom. The number of carbonyl (C=O) groups excluding carboxylic acids is 2. The first-order valence-electron chi connectivity index (χ1n) is 10.4. The predicted octanol–water partition coefficient (Wildman–Crippen LogP) is 5.78.